The topological polar surface area (TPSA) is 40.5 Å². The highest BCUT2D eigenvalue weighted by atomic mass is 16.3. The Morgan fingerprint density at radius 3 is 1.58 bits per heavy atom. The third-order valence-electron chi connectivity index (χ3n) is 7.58. The molecular weight excluding hydrogens is 296 g/mol. The maximum Gasteiger partial charge on any atom is 0.115 e. The highest BCUT2D eigenvalue weighted by molar-refractivity contribution is 5.85. The lowest BCUT2D eigenvalue weighted by Crippen LogP contribution is -2.81. The number of allylic oxidation sites excluding steroid dienone is 1. The second kappa shape index (κ2) is 4.05. The van der Waals surface area contributed by atoms with E-state index >= 15 is 0 Å². The average molecular weight is 316 g/mol. The third kappa shape index (κ3) is 1.28. The summed E-state index contributed by atoms with van der Waals surface area (Å²) in [6, 6.07) is 15.2. The van der Waals surface area contributed by atoms with Gasteiger partial charge in [-0.3, -0.25) is 0 Å². The number of phenolic OH excluding ortho intramolecular Hbond substituents is 2. The van der Waals surface area contributed by atoms with E-state index in [1.807, 2.05) is 24.3 Å². The number of aromatic hydroxyl groups is 2. The van der Waals surface area contributed by atoms with Crippen molar-refractivity contribution in [1.29, 1.82) is 0 Å². The number of hydrogen-bond donors (Lipinski definition) is 2. The van der Waals surface area contributed by atoms with Crippen molar-refractivity contribution in [1.82, 2.24) is 0 Å². The van der Waals surface area contributed by atoms with Gasteiger partial charge in [0.05, 0.1) is 0 Å². The normalized spacial score (nSPS) is 37.1. The molecule has 0 saturated heterocycles. The van der Waals surface area contributed by atoms with E-state index in [2.05, 4.69) is 0 Å². The highest BCUT2D eigenvalue weighted by Gasteiger charge is 2.83. The predicted octanol–water partition coefficient (Wildman–Crippen LogP) is 4.58. The molecule has 2 nitrogen and oxygen atoms in total. The van der Waals surface area contributed by atoms with Gasteiger partial charge >= 0.3 is 0 Å². The van der Waals surface area contributed by atoms with E-state index in [0.29, 0.717) is 16.9 Å². The summed E-state index contributed by atoms with van der Waals surface area (Å²) in [6.07, 6.45) is 4.23. The first kappa shape index (κ1) is 13.1. The lowest BCUT2D eigenvalue weighted by Gasteiger charge is -2.87. The molecule has 2 aromatic rings. The molecule has 0 aliphatic heterocycles. The van der Waals surface area contributed by atoms with Crippen LogP contribution in [0.15, 0.2) is 54.1 Å². The molecule has 2 N–H and O–H groups in total. The minimum Gasteiger partial charge on any atom is -0.508 e. The highest BCUT2D eigenvalue weighted by Crippen LogP contribution is 2.90. The summed E-state index contributed by atoms with van der Waals surface area (Å²) < 4.78 is 0. The van der Waals surface area contributed by atoms with Crippen molar-refractivity contribution < 1.29 is 10.2 Å². The van der Waals surface area contributed by atoms with Gasteiger partial charge in [0.25, 0.3) is 0 Å². The summed E-state index contributed by atoms with van der Waals surface area (Å²) >= 11 is 0. The number of benzene rings is 2. The molecule has 4 aliphatic carbocycles. The Balaban J connectivity index is 1.52. The van der Waals surface area contributed by atoms with E-state index in [1.54, 1.807) is 29.8 Å². The zero-order valence-electron chi connectivity index (χ0n) is 13.4. The first-order chi connectivity index (χ1) is 11.7. The molecule has 0 aromatic heterocycles. The lowest BCUT2D eigenvalue weighted by atomic mass is 9.17. The quantitative estimate of drug-likeness (QED) is 0.851. The first-order valence-corrected chi connectivity index (χ1v) is 9.02. The van der Waals surface area contributed by atoms with Crippen molar-refractivity contribution in [2.75, 3.05) is 0 Å². The summed E-state index contributed by atoms with van der Waals surface area (Å²) in [4.78, 5) is 0. The Kier molecular flexibility index (Phi) is 2.22. The van der Waals surface area contributed by atoms with E-state index in [4.69, 9.17) is 0 Å². The van der Waals surface area contributed by atoms with Crippen molar-refractivity contribution in [2.45, 2.75) is 19.3 Å². The third-order valence-corrected chi connectivity index (χ3v) is 7.58. The Bertz CT molecular complexity index is 804. The molecule has 120 valence electrons. The fourth-order valence-corrected chi connectivity index (χ4v) is 6.61. The van der Waals surface area contributed by atoms with Crippen LogP contribution in [0.2, 0.25) is 0 Å². The lowest BCUT2D eigenvalue weighted by molar-refractivity contribution is -0.336. The van der Waals surface area contributed by atoms with Crippen molar-refractivity contribution >= 4 is 5.57 Å². The van der Waals surface area contributed by atoms with Gasteiger partial charge in [0, 0.05) is 0 Å². The molecule has 4 saturated carbocycles. The molecule has 2 heteroatoms. The van der Waals surface area contributed by atoms with Crippen molar-refractivity contribution in [2.24, 2.45) is 29.1 Å². The van der Waals surface area contributed by atoms with Gasteiger partial charge in [0.2, 0.25) is 0 Å². The van der Waals surface area contributed by atoms with Gasteiger partial charge < -0.3 is 10.2 Å². The van der Waals surface area contributed by atoms with Crippen LogP contribution in [-0.4, -0.2) is 10.2 Å². The molecule has 24 heavy (non-hydrogen) atoms. The fourth-order valence-electron chi connectivity index (χ4n) is 6.61. The monoisotopic (exact) mass is 316 g/mol. The van der Waals surface area contributed by atoms with Crippen LogP contribution >= 0.6 is 0 Å². The number of phenols is 2. The van der Waals surface area contributed by atoms with E-state index in [9.17, 15) is 10.2 Å². The second-order valence-corrected chi connectivity index (χ2v) is 8.13. The van der Waals surface area contributed by atoms with Crippen LogP contribution in [0.3, 0.4) is 0 Å². The molecule has 0 bridgehead atoms. The van der Waals surface area contributed by atoms with E-state index in [-0.39, 0.29) is 0 Å². The molecule has 4 fully saturated rings. The molecule has 6 rings (SSSR count). The Morgan fingerprint density at radius 1 is 0.708 bits per heavy atom. The maximum absolute atomic E-state index is 9.66. The van der Waals surface area contributed by atoms with Gasteiger partial charge in [-0.25, -0.2) is 0 Å². The minimum absolute atomic E-state index is 0.310. The summed E-state index contributed by atoms with van der Waals surface area (Å²) in [6.45, 7) is 0. The van der Waals surface area contributed by atoms with Gasteiger partial charge in [-0.2, -0.15) is 0 Å². The molecule has 1 spiro atoms. The van der Waals surface area contributed by atoms with Gasteiger partial charge in [0.1, 0.15) is 11.5 Å². The molecule has 4 aliphatic rings. The minimum atomic E-state index is 0.310. The van der Waals surface area contributed by atoms with Crippen LogP contribution in [0.1, 0.15) is 30.4 Å². The van der Waals surface area contributed by atoms with E-state index in [1.165, 1.54) is 36.0 Å². The first-order valence-electron chi connectivity index (χ1n) is 9.02. The standard InChI is InChI=1S/C22H20O2/c23-16-5-1-12(2-6-16)20(13-3-7-17(24)8-4-13)21-18-10-14-9-15-11-19(21)22(14,15)18/h1-8,14-15,18-19,23-24H,9-11H2. The van der Waals surface area contributed by atoms with Crippen LogP contribution in [0.4, 0.5) is 0 Å². The van der Waals surface area contributed by atoms with Gasteiger partial charge in [-0.05, 0) is 89.3 Å². The van der Waals surface area contributed by atoms with Crippen LogP contribution < -0.4 is 0 Å². The smallest absolute Gasteiger partial charge is 0.115 e. The Morgan fingerprint density at radius 2 is 1.17 bits per heavy atom. The van der Waals surface area contributed by atoms with Crippen molar-refractivity contribution in [3.8, 4) is 11.5 Å². The largest absolute Gasteiger partial charge is 0.508 e. The average Bonchev–Trinajstić information content (AvgIpc) is 2.51. The molecule has 0 radical (unpaired) electrons. The van der Waals surface area contributed by atoms with Gasteiger partial charge in [0.15, 0.2) is 0 Å². The summed E-state index contributed by atoms with van der Waals surface area (Å²) in [5.41, 5.74) is 6.08. The predicted molar refractivity (Wildman–Crippen MR) is 92.5 cm³/mol. The number of hydrogen-bond acceptors (Lipinski definition) is 2. The van der Waals surface area contributed by atoms with E-state index < -0.39 is 0 Å². The summed E-state index contributed by atoms with van der Waals surface area (Å²) in [5, 5.41) is 19.3. The van der Waals surface area contributed by atoms with E-state index in [0.717, 1.165) is 23.7 Å². The SMILES string of the molecule is Oc1ccc(C(=C2C3CC4CC5CC2C453)c2ccc(O)cc2)cc1. The van der Waals surface area contributed by atoms with Crippen LogP contribution in [0, 0.1) is 29.1 Å². The van der Waals surface area contributed by atoms with Crippen molar-refractivity contribution in [3.63, 3.8) is 0 Å². The summed E-state index contributed by atoms with van der Waals surface area (Å²) in [7, 11) is 0. The zero-order valence-corrected chi connectivity index (χ0v) is 13.4. The van der Waals surface area contributed by atoms with Crippen molar-refractivity contribution in [3.05, 3.63) is 65.2 Å². The zero-order chi connectivity index (χ0) is 16.1. The Hall–Kier alpha value is -2.22. The van der Waals surface area contributed by atoms with Gasteiger partial charge in [-0.15, -0.1) is 0 Å². The molecular formula is C22H20O2. The molecule has 4 unspecified atom stereocenters. The van der Waals surface area contributed by atoms with Gasteiger partial charge in [-0.1, -0.05) is 29.8 Å². The molecule has 0 heterocycles. The molecule has 0 amide bonds. The summed E-state index contributed by atoms with van der Waals surface area (Å²) in [5.74, 6) is 4.22. The maximum atomic E-state index is 9.66. The fraction of sp³-hybridized carbons (Fsp3) is 0.364. The van der Waals surface area contributed by atoms with Crippen LogP contribution in [-0.2, 0) is 0 Å². The van der Waals surface area contributed by atoms with Crippen LogP contribution in [0.25, 0.3) is 5.57 Å². The molecule has 4 atom stereocenters. The molecule has 2 aromatic carbocycles. The Labute approximate surface area is 141 Å². The van der Waals surface area contributed by atoms with Crippen LogP contribution in [0.5, 0.6) is 11.5 Å². The second-order valence-electron chi connectivity index (χ2n) is 8.13. The number of rotatable bonds is 2.